The highest BCUT2D eigenvalue weighted by molar-refractivity contribution is 8.00. The van der Waals surface area contributed by atoms with Crippen LogP contribution >= 0.6 is 11.9 Å². The van der Waals surface area contributed by atoms with Gasteiger partial charge in [-0.1, -0.05) is 24.9 Å². The van der Waals surface area contributed by atoms with Crippen molar-refractivity contribution in [1.82, 2.24) is 14.5 Å². The van der Waals surface area contributed by atoms with Crippen molar-refractivity contribution in [2.24, 2.45) is 13.0 Å². The number of aryl methyl sites for hydroxylation is 1. The Morgan fingerprint density at radius 1 is 1.36 bits per heavy atom. The largest absolute Gasteiger partial charge is 0.489 e. The molecule has 1 fully saturated rings. The number of rotatable bonds is 7. The molecule has 3 aromatic rings. The number of benzene rings is 1. The first-order chi connectivity index (χ1) is 13.6. The smallest absolute Gasteiger partial charge is 0.258 e. The zero-order valence-electron chi connectivity index (χ0n) is 15.7. The number of fused-ring (bicyclic) bond motifs is 1. The Bertz CT molecular complexity index is 1080. The van der Waals surface area contributed by atoms with Crippen LogP contribution in [0.15, 0.2) is 35.4 Å². The number of aromatic nitrogens is 3. The van der Waals surface area contributed by atoms with Gasteiger partial charge < -0.3 is 9.30 Å². The molecular weight excluding hydrogens is 379 g/mol. The van der Waals surface area contributed by atoms with Gasteiger partial charge in [0.05, 0.1) is 18.2 Å². The molecule has 146 valence electrons. The lowest BCUT2D eigenvalue weighted by atomic mass is 10.0. The maximum absolute atomic E-state index is 13.8. The third kappa shape index (κ3) is 3.82. The molecule has 0 amide bonds. The molecule has 0 atom stereocenters. The van der Waals surface area contributed by atoms with Gasteiger partial charge >= 0.3 is 0 Å². The fourth-order valence-corrected chi connectivity index (χ4v) is 3.35. The highest BCUT2D eigenvalue weighted by atomic mass is 32.2. The van der Waals surface area contributed by atoms with E-state index in [4.69, 9.17) is 4.74 Å². The Labute approximate surface area is 166 Å². The molecule has 0 unspecified atom stereocenters. The molecule has 6 nitrogen and oxygen atoms in total. The minimum atomic E-state index is -0.448. The Hall–Kier alpha value is -2.61. The molecular formula is C20H21FN4O2S. The standard InChI is InChI=1S/C20H21FN4O2S/c1-3-28-24-20-22-9-17(27-11-12-4-5-12)18(23-20)16-10-25(2)19(26)15-8-13(21)6-7-14(15)16/h6-10,12H,3-5,11H2,1-2H3,(H,22,23,24). The summed E-state index contributed by atoms with van der Waals surface area (Å²) >= 11 is 1.49. The minimum Gasteiger partial charge on any atom is -0.489 e. The van der Waals surface area contributed by atoms with Crippen molar-refractivity contribution in [3.63, 3.8) is 0 Å². The number of ether oxygens (including phenoxy) is 1. The SMILES string of the molecule is CCSNc1ncc(OCC2CC2)c(-c2cn(C)c(=O)c3cc(F)ccc23)n1. The first-order valence-electron chi connectivity index (χ1n) is 9.23. The highest BCUT2D eigenvalue weighted by Gasteiger charge is 2.24. The molecule has 0 spiro atoms. The molecule has 1 aromatic carbocycles. The Balaban J connectivity index is 1.88. The summed E-state index contributed by atoms with van der Waals surface area (Å²) in [5.74, 6) is 2.01. The lowest BCUT2D eigenvalue weighted by Crippen LogP contribution is -2.17. The lowest BCUT2D eigenvalue weighted by molar-refractivity contribution is 0.299. The highest BCUT2D eigenvalue weighted by Crippen LogP contribution is 2.35. The number of pyridine rings is 1. The average Bonchev–Trinajstić information content (AvgIpc) is 3.52. The molecule has 28 heavy (non-hydrogen) atoms. The second-order valence-corrected chi connectivity index (χ2v) is 7.91. The molecule has 1 N–H and O–H groups in total. The second kappa shape index (κ2) is 7.79. The zero-order valence-corrected chi connectivity index (χ0v) is 16.6. The maximum atomic E-state index is 13.8. The van der Waals surface area contributed by atoms with Crippen LogP contribution in [-0.2, 0) is 7.05 Å². The summed E-state index contributed by atoms with van der Waals surface area (Å²) < 4.78 is 24.3. The van der Waals surface area contributed by atoms with Gasteiger partial charge in [0, 0.05) is 24.6 Å². The molecule has 1 aliphatic rings. The van der Waals surface area contributed by atoms with Gasteiger partial charge in [-0.15, -0.1) is 0 Å². The molecule has 0 aliphatic heterocycles. The van der Waals surface area contributed by atoms with E-state index in [9.17, 15) is 9.18 Å². The van der Waals surface area contributed by atoms with Crippen LogP contribution < -0.4 is 15.0 Å². The topological polar surface area (TPSA) is 69.0 Å². The quantitative estimate of drug-likeness (QED) is 0.605. The van der Waals surface area contributed by atoms with Gasteiger partial charge in [0.25, 0.3) is 5.56 Å². The third-order valence-corrected chi connectivity index (χ3v) is 5.25. The van der Waals surface area contributed by atoms with Gasteiger partial charge in [-0.25, -0.2) is 14.4 Å². The van der Waals surface area contributed by atoms with Crippen molar-refractivity contribution in [2.45, 2.75) is 19.8 Å². The third-order valence-electron chi connectivity index (χ3n) is 4.63. The maximum Gasteiger partial charge on any atom is 0.258 e. The fraction of sp³-hybridized carbons (Fsp3) is 0.350. The number of nitrogens with one attached hydrogen (secondary N) is 1. The number of hydrogen-bond acceptors (Lipinski definition) is 6. The van der Waals surface area contributed by atoms with Crippen molar-refractivity contribution in [2.75, 3.05) is 17.1 Å². The molecule has 1 saturated carbocycles. The fourth-order valence-electron chi connectivity index (χ4n) is 2.98. The van der Waals surface area contributed by atoms with Crippen molar-refractivity contribution in [1.29, 1.82) is 0 Å². The van der Waals surface area contributed by atoms with E-state index in [0.29, 0.717) is 46.3 Å². The van der Waals surface area contributed by atoms with Gasteiger partial charge in [0.2, 0.25) is 5.95 Å². The van der Waals surface area contributed by atoms with E-state index in [1.54, 1.807) is 25.5 Å². The molecule has 2 aromatic heterocycles. The van der Waals surface area contributed by atoms with Crippen LogP contribution in [0.5, 0.6) is 5.75 Å². The van der Waals surface area contributed by atoms with Crippen LogP contribution in [0, 0.1) is 11.7 Å². The average molecular weight is 400 g/mol. The molecule has 0 saturated heterocycles. The molecule has 2 heterocycles. The number of anilines is 1. The van der Waals surface area contributed by atoms with Gasteiger partial charge in [-0.3, -0.25) is 9.52 Å². The second-order valence-electron chi connectivity index (χ2n) is 6.84. The monoisotopic (exact) mass is 400 g/mol. The van der Waals surface area contributed by atoms with E-state index in [1.165, 1.54) is 41.5 Å². The first kappa shape index (κ1) is 18.7. The predicted octanol–water partition coefficient (Wildman–Crippen LogP) is 4.00. The van der Waals surface area contributed by atoms with Crippen LogP contribution in [-0.4, -0.2) is 26.9 Å². The van der Waals surface area contributed by atoms with E-state index in [2.05, 4.69) is 14.7 Å². The summed E-state index contributed by atoms with van der Waals surface area (Å²) in [5, 5.41) is 0.942. The molecule has 0 radical (unpaired) electrons. The first-order valence-corrected chi connectivity index (χ1v) is 10.2. The molecule has 4 rings (SSSR count). The van der Waals surface area contributed by atoms with E-state index in [-0.39, 0.29) is 5.56 Å². The predicted molar refractivity (Wildman–Crippen MR) is 110 cm³/mol. The van der Waals surface area contributed by atoms with Crippen LogP contribution in [0.3, 0.4) is 0 Å². The van der Waals surface area contributed by atoms with E-state index in [0.717, 1.165) is 5.75 Å². The molecule has 1 aliphatic carbocycles. The van der Waals surface area contributed by atoms with Crippen LogP contribution in [0.4, 0.5) is 10.3 Å². The molecule has 0 bridgehead atoms. The van der Waals surface area contributed by atoms with Gasteiger partial charge in [-0.2, -0.15) is 0 Å². The van der Waals surface area contributed by atoms with Crippen LogP contribution in [0.2, 0.25) is 0 Å². The number of hydrogen-bond donors (Lipinski definition) is 1. The summed E-state index contributed by atoms with van der Waals surface area (Å²) in [6.07, 6.45) is 5.71. The van der Waals surface area contributed by atoms with E-state index < -0.39 is 5.82 Å². The Morgan fingerprint density at radius 2 is 2.18 bits per heavy atom. The van der Waals surface area contributed by atoms with Crippen LogP contribution in [0.25, 0.3) is 22.0 Å². The Morgan fingerprint density at radius 3 is 2.93 bits per heavy atom. The van der Waals surface area contributed by atoms with Gasteiger partial charge in [0.15, 0.2) is 5.75 Å². The van der Waals surface area contributed by atoms with Crippen molar-refractivity contribution >= 4 is 28.7 Å². The van der Waals surface area contributed by atoms with Gasteiger partial charge in [0.1, 0.15) is 11.5 Å². The zero-order chi connectivity index (χ0) is 19.7. The summed E-state index contributed by atoms with van der Waals surface area (Å²) in [5.41, 5.74) is 1.03. The summed E-state index contributed by atoms with van der Waals surface area (Å²) in [4.78, 5) is 21.5. The summed E-state index contributed by atoms with van der Waals surface area (Å²) in [6.45, 7) is 2.64. The number of nitrogens with zero attached hydrogens (tertiary/aromatic N) is 3. The number of halogens is 1. The van der Waals surface area contributed by atoms with Crippen LogP contribution in [0.1, 0.15) is 19.8 Å². The van der Waals surface area contributed by atoms with Crippen molar-refractivity contribution in [3.8, 4) is 17.0 Å². The minimum absolute atomic E-state index is 0.257. The lowest BCUT2D eigenvalue weighted by Gasteiger charge is -2.14. The van der Waals surface area contributed by atoms with Crippen molar-refractivity contribution in [3.05, 3.63) is 46.8 Å². The summed E-state index contributed by atoms with van der Waals surface area (Å²) in [7, 11) is 1.65. The Kier molecular flexibility index (Phi) is 5.21. The summed E-state index contributed by atoms with van der Waals surface area (Å²) in [6, 6.07) is 4.23. The normalized spacial score (nSPS) is 13.7. The van der Waals surface area contributed by atoms with Gasteiger partial charge in [-0.05, 0) is 36.3 Å². The van der Waals surface area contributed by atoms with E-state index in [1.807, 2.05) is 6.92 Å². The molecule has 8 heteroatoms. The van der Waals surface area contributed by atoms with Crippen molar-refractivity contribution < 1.29 is 9.13 Å². The van der Waals surface area contributed by atoms with E-state index >= 15 is 0 Å².